The summed E-state index contributed by atoms with van der Waals surface area (Å²) < 4.78 is 6.31. The highest BCUT2D eigenvalue weighted by molar-refractivity contribution is 5.93. The van der Waals surface area contributed by atoms with Crippen LogP contribution >= 0.6 is 0 Å². The van der Waals surface area contributed by atoms with Gasteiger partial charge in [-0.25, -0.2) is 0 Å². The van der Waals surface area contributed by atoms with Crippen molar-refractivity contribution < 1.29 is 9.53 Å². The SMILES string of the molecule is CN(C)Cc1ccccc1-c1cccc(OC2CCN(C(=O)c3cccnc3)CC2)c1. The van der Waals surface area contributed by atoms with Crippen molar-refractivity contribution >= 4 is 5.91 Å². The van der Waals surface area contributed by atoms with E-state index in [1.807, 2.05) is 17.0 Å². The van der Waals surface area contributed by atoms with Gasteiger partial charge in [0.2, 0.25) is 0 Å². The topological polar surface area (TPSA) is 45.7 Å². The van der Waals surface area contributed by atoms with Gasteiger partial charge >= 0.3 is 0 Å². The van der Waals surface area contributed by atoms with Crippen molar-refractivity contribution in [2.24, 2.45) is 0 Å². The Bertz CT molecular complexity index is 1010. The summed E-state index contributed by atoms with van der Waals surface area (Å²) in [5.74, 6) is 0.931. The second-order valence-electron chi connectivity index (χ2n) is 8.27. The maximum atomic E-state index is 12.6. The fraction of sp³-hybridized carbons (Fsp3) is 0.308. The van der Waals surface area contributed by atoms with Crippen LogP contribution < -0.4 is 4.74 Å². The van der Waals surface area contributed by atoms with Crippen LogP contribution in [-0.2, 0) is 6.54 Å². The van der Waals surface area contributed by atoms with Crippen LogP contribution in [-0.4, -0.2) is 54.0 Å². The number of ether oxygens (including phenoxy) is 1. The van der Waals surface area contributed by atoms with Gasteiger partial charge in [-0.15, -0.1) is 0 Å². The lowest BCUT2D eigenvalue weighted by Crippen LogP contribution is -2.41. The average molecular weight is 416 g/mol. The lowest BCUT2D eigenvalue weighted by atomic mass is 9.99. The molecule has 1 fully saturated rings. The van der Waals surface area contributed by atoms with Crippen molar-refractivity contribution in [1.82, 2.24) is 14.8 Å². The van der Waals surface area contributed by atoms with E-state index < -0.39 is 0 Å². The van der Waals surface area contributed by atoms with Crippen molar-refractivity contribution in [3.63, 3.8) is 0 Å². The van der Waals surface area contributed by atoms with Gasteiger partial charge in [-0.05, 0) is 55.1 Å². The molecular weight excluding hydrogens is 386 g/mol. The normalized spacial score (nSPS) is 14.6. The highest BCUT2D eigenvalue weighted by atomic mass is 16.5. The van der Waals surface area contributed by atoms with Crippen LogP contribution in [0.1, 0.15) is 28.8 Å². The lowest BCUT2D eigenvalue weighted by molar-refractivity contribution is 0.0595. The highest BCUT2D eigenvalue weighted by Gasteiger charge is 2.25. The van der Waals surface area contributed by atoms with E-state index in [2.05, 4.69) is 66.4 Å². The van der Waals surface area contributed by atoms with Crippen molar-refractivity contribution in [3.8, 4) is 16.9 Å². The first kappa shape index (κ1) is 21.1. The zero-order chi connectivity index (χ0) is 21.6. The molecule has 2 heterocycles. The van der Waals surface area contributed by atoms with Crippen LogP contribution in [0.4, 0.5) is 0 Å². The van der Waals surface area contributed by atoms with Gasteiger partial charge in [0.05, 0.1) is 5.56 Å². The van der Waals surface area contributed by atoms with Crippen molar-refractivity contribution in [3.05, 3.63) is 84.2 Å². The molecule has 31 heavy (non-hydrogen) atoms. The molecule has 1 amide bonds. The molecule has 4 rings (SSSR count). The smallest absolute Gasteiger partial charge is 0.255 e. The molecule has 2 aromatic carbocycles. The number of aromatic nitrogens is 1. The number of nitrogens with zero attached hydrogens (tertiary/aromatic N) is 3. The van der Waals surface area contributed by atoms with E-state index in [1.54, 1.807) is 18.5 Å². The fourth-order valence-corrected chi connectivity index (χ4v) is 4.06. The number of piperidine rings is 1. The van der Waals surface area contributed by atoms with Crippen LogP contribution in [0, 0.1) is 0 Å². The van der Waals surface area contributed by atoms with E-state index in [4.69, 9.17) is 4.74 Å². The Morgan fingerprint density at radius 3 is 2.61 bits per heavy atom. The van der Waals surface area contributed by atoms with Gasteiger partial charge in [0.1, 0.15) is 11.9 Å². The minimum absolute atomic E-state index is 0.0473. The third-order valence-electron chi connectivity index (χ3n) is 5.59. The molecule has 160 valence electrons. The summed E-state index contributed by atoms with van der Waals surface area (Å²) in [5.41, 5.74) is 4.34. The van der Waals surface area contributed by atoms with Crippen molar-refractivity contribution in [2.45, 2.75) is 25.5 Å². The van der Waals surface area contributed by atoms with Crippen molar-refractivity contribution in [2.75, 3.05) is 27.2 Å². The molecule has 0 radical (unpaired) electrons. The fourth-order valence-electron chi connectivity index (χ4n) is 4.06. The Hall–Kier alpha value is -3.18. The summed E-state index contributed by atoms with van der Waals surface area (Å²) in [6, 6.07) is 20.5. The number of amides is 1. The minimum Gasteiger partial charge on any atom is -0.490 e. The van der Waals surface area contributed by atoms with Gasteiger partial charge in [-0.2, -0.15) is 0 Å². The molecule has 0 N–H and O–H groups in total. The summed E-state index contributed by atoms with van der Waals surface area (Å²) in [6.45, 7) is 2.29. The quantitative estimate of drug-likeness (QED) is 0.595. The van der Waals surface area contributed by atoms with Crippen LogP contribution in [0.25, 0.3) is 11.1 Å². The average Bonchev–Trinajstić information content (AvgIpc) is 2.80. The molecule has 0 aliphatic carbocycles. The molecule has 1 aliphatic heterocycles. The van der Waals surface area contributed by atoms with Crippen molar-refractivity contribution in [1.29, 1.82) is 0 Å². The standard InChI is InChI=1S/C26H29N3O2/c1-28(2)19-22-7-3-4-11-25(22)20-8-5-10-24(17-20)31-23-12-15-29(16-13-23)26(30)21-9-6-14-27-18-21/h3-11,14,17-18,23H,12-13,15-16,19H2,1-2H3. The Morgan fingerprint density at radius 2 is 1.87 bits per heavy atom. The van der Waals surface area contributed by atoms with E-state index in [-0.39, 0.29) is 12.0 Å². The molecule has 0 atom stereocenters. The number of rotatable bonds is 6. The maximum absolute atomic E-state index is 12.6. The first-order chi connectivity index (χ1) is 15.1. The predicted octanol–water partition coefficient (Wildman–Crippen LogP) is 4.49. The summed E-state index contributed by atoms with van der Waals surface area (Å²) in [7, 11) is 4.17. The first-order valence-electron chi connectivity index (χ1n) is 10.8. The monoisotopic (exact) mass is 415 g/mol. The van der Waals surface area contributed by atoms with Crippen LogP contribution in [0.3, 0.4) is 0 Å². The van der Waals surface area contributed by atoms with E-state index in [9.17, 15) is 4.79 Å². The second kappa shape index (κ2) is 9.75. The number of pyridine rings is 1. The van der Waals surface area contributed by atoms with Crippen LogP contribution in [0.2, 0.25) is 0 Å². The zero-order valence-corrected chi connectivity index (χ0v) is 18.2. The van der Waals surface area contributed by atoms with E-state index in [0.29, 0.717) is 18.7 Å². The van der Waals surface area contributed by atoms with Crippen LogP contribution in [0.5, 0.6) is 5.75 Å². The molecule has 1 saturated heterocycles. The Labute approximate surface area is 184 Å². The number of likely N-dealkylation sites (tertiary alicyclic amines) is 1. The number of carbonyl (C=O) groups is 1. The molecule has 0 saturated carbocycles. The largest absolute Gasteiger partial charge is 0.490 e. The summed E-state index contributed by atoms with van der Waals surface area (Å²) >= 11 is 0. The molecule has 1 aromatic heterocycles. The van der Waals surface area contributed by atoms with E-state index >= 15 is 0 Å². The molecule has 0 bridgehead atoms. The summed E-state index contributed by atoms with van der Waals surface area (Å²) in [6.07, 6.45) is 5.08. The van der Waals surface area contributed by atoms with Gasteiger partial charge in [0, 0.05) is 44.9 Å². The summed E-state index contributed by atoms with van der Waals surface area (Å²) in [5, 5.41) is 0. The Morgan fingerprint density at radius 1 is 1.06 bits per heavy atom. The molecule has 5 nitrogen and oxygen atoms in total. The van der Waals surface area contributed by atoms with Gasteiger partial charge < -0.3 is 14.5 Å². The van der Waals surface area contributed by atoms with E-state index in [0.717, 1.165) is 25.1 Å². The molecule has 3 aromatic rings. The van der Waals surface area contributed by atoms with Gasteiger partial charge in [0.15, 0.2) is 0 Å². The highest BCUT2D eigenvalue weighted by Crippen LogP contribution is 2.29. The lowest BCUT2D eigenvalue weighted by Gasteiger charge is -2.32. The number of benzene rings is 2. The number of carbonyl (C=O) groups excluding carboxylic acids is 1. The maximum Gasteiger partial charge on any atom is 0.255 e. The van der Waals surface area contributed by atoms with Gasteiger partial charge in [-0.3, -0.25) is 9.78 Å². The van der Waals surface area contributed by atoms with E-state index in [1.165, 1.54) is 16.7 Å². The zero-order valence-electron chi connectivity index (χ0n) is 18.2. The third-order valence-corrected chi connectivity index (χ3v) is 5.59. The molecular formula is C26H29N3O2. The number of hydrogen-bond acceptors (Lipinski definition) is 4. The second-order valence-corrected chi connectivity index (χ2v) is 8.27. The Kier molecular flexibility index (Phi) is 6.63. The minimum atomic E-state index is 0.0473. The Balaban J connectivity index is 1.40. The first-order valence-corrected chi connectivity index (χ1v) is 10.8. The van der Waals surface area contributed by atoms with Crippen LogP contribution in [0.15, 0.2) is 73.1 Å². The third kappa shape index (κ3) is 5.30. The predicted molar refractivity (Wildman–Crippen MR) is 123 cm³/mol. The van der Waals surface area contributed by atoms with Gasteiger partial charge in [-0.1, -0.05) is 36.4 Å². The molecule has 0 spiro atoms. The molecule has 0 unspecified atom stereocenters. The number of hydrogen-bond donors (Lipinski definition) is 0. The van der Waals surface area contributed by atoms with Gasteiger partial charge in [0.25, 0.3) is 5.91 Å². The summed E-state index contributed by atoms with van der Waals surface area (Å²) in [4.78, 5) is 20.7. The molecule has 5 heteroatoms. The molecule has 1 aliphatic rings.